The summed E-state index contributed by atoms with van der Waals surface area (Å²) in [6.45, 7) is 3.66. The molecular formula is C22H29NO5S. The number of hydrogen-bond acceptors (Lipinski definition) is 6. The lowest BCUT2D eigenvalue weighted by atomic mass is 9.49. The summed E-state index contributed by atoms with van der Waals surface area (Å²) in [6, 6.07) is 0. The first-order valence-corrected chi connectivity index (χ1v) is 11.3. The summed E-state index contributed by atoms with van der Waals surface area (Å²) < 4.78 is 9.98. The molecule has 0 saturated heterocycles. The third kappa shape index (κ3) is 3.81. The Labute approximate surface area is 175 Å². The van der Waals surface area contributed by atoms with Gasteiger partial charge in [-0.3, -0.25) is 4.79 Å². The summed E-state index contributed by atoms with van der Waals surface area (Å²) in [5.74, 6) is 1.21. The predicted octanol–water partition coefficient (Wildman–Crippen LogP) is 4.56. The highest BCUT2D eigenvalue weighted by Crippen LogP contribution is 2.61. The minimum Gasteiger partial charge on any atom is -0.465 e. The van der Waals surface area contributed by atoms with Gasteiger partial charge in [-0.25, -0.2) is 9.59 Å². The van der Waals surface area contributed by atoms with Crippen molar-refractivity contribution in [3.05, 3.63) is 16.0 Å². The molecule has 6 nitrogen and oxygen atoms in total. The third-order valence-corrected chi connectivity index (χ3v) is 8.14. The van der Waals surface area contributed by atoms with E-state index in [4.69, 9.17) is 9.47 Å². The highest BCUT2D eigenvalue weighted by Gasteiger charge is 2.51. The van der Waals surface area contributed by atoms with E-state index in [-0.39, 0.29) is 23.5 Å². The largest absolute Gasteiger partial charge is 0.465 e. The lowest BCUT2D eigenvalue weighted by Gasteiger charge is -2.56. The van der Waals surface area contributed by atoms with Crippen LogP contribution in [-0.4, -0.2) is 31.6 Å². The van der Waals surface area contributed by atoms with Crippen molar-refractivity contribution in [1.82, 2.24) is 0 Å². The minimum atomic E-state index is -0.556. The second-order valence-electron chi connectivity index (χ2n) is 9.11. The summed E-state index contributed by atoms with van der Waals surface area (Å²) >= 11 is 1.09. The molecule has 4 saturated carbocycles. The number of carbonyl (C=O) groups excluding carboxylic acids is 3. The molecule has 1 amide bonds. The summed E-state index contributed by atoms with van der Waals surface area (Å²) in [5, 5.41) is 3.31. The maximum absolute atomic E-state index is 13.0. The maximum atomic E-state index is 13.0. The van der Waals surface area contributed by atoms with Gasteiger partial charge in [-0.05, 0) is 81.1 Å². The van der Waals surface area contributed by atoms with Crippen LogP contribution in [0.25, 0.3) is 0 Å². The van der Waals surface area contributed by atoms with Gasteiger partial charge < -0.3 is 14.8 Å². The van der Waals surface area contributed by atoms with Crippen molar-refractivity contribution in [2.45, 2.75) is 58.8 Å². The van der Waals surface area contributed by atoms with Gasteiger partial charge in [0.25, 0.3) is 0 Å². The monoisotopic (exact) mass is 419 g/mol. The molecule has 0 unspecified atom stereocenters. The van der Waals surface area contributed by atoms with Gasteiger partial charge in [0, 0.05) is 6.42 Å². The van der Waals surface area contributed by atoms with Crippen molar-refractivity contribution in [3.8, 4) is 0 Å². The smallest absolute Gasteiger partial charge is 0.348 e. The van der Waals surface area contributed by atoms with Gasteiger partial charge in [0.1, 0.15) is 9.88 Å². The molecule has 1 aromatic rings. The Morgan fingerprint density at radius 1 is 1.07 bits per heavy atom. The second-order valence-corrected chi connectivity index (χ2v) is 10.1. The molecule has 0 aromatic carbocycles. The Bertz CT molecular complexity index is 807. The van der Waals surface area contributed by atoms with Gasteiger partial charge in [-0.1, -0.05) is 0 Å². The molecule has 158 valence electrons. The second kappa shape index (κ2) is 7.74. The third-order valence-electron chi connectivity index (χ3n) is 6.95. The average Bonchev–Trinajstić information content (AvgIpc) is 2.95. The molecular weight excluding hydrogens is 390 g/mol. The fourth-order valence-electron chi connectivity index (χ4n) is 6.36. The number of methoxy groups -OCH3 is 1. The number of anilines is 1. The SMILES string of the molecule is CCOC(=O)c1sc(NC(=O)CC23CC4CC(CC(C4)C2)C3)c(C(=O)OC)c1C. The fourth-order valence-corrected chi connectivity index (χ4v) is 7.46. The average molecular weight is 420 g/mol. The molecule has 1 N–H and O–H groups in total. The molecule has 1 heterocycles. The first-order chi connectivity index (χ1) is 13.8. The van der Waals surface area contributed by atoms with Crippen LogP contribution in [0.4, 0.5) is 5.00 Å². The zero-order valence-electron chi connectivity index (χ0n) is 17.3. The van der Waals surface area contributed by atoms with Crippen molar-refractivity contribution in [1.29, 1.82) is 0 Å². The number of esters is 2. The fraction of sp³-hybridized carbons (Fsp3) is 0.682. The molecule has 1 aromatic heterocycles. The highest BCUT2D eigenvalue weighted by atomic mass is 32.1. The lowest BCUT2D eigenvalue weighted by Crippen LogP contribution is -2.47. The van der Waals surface area contributed by atoms with Gasteiger partial charge in [0.15, 0.2) is 0 Å². The topological polar surface area (TPSA) is 81.7 Å². The number of hydrogen-bond donors (Lipinski definition) is 1. The Hall–Kier alpha value is -1.89. The van der Waals surface area contributed by atoms with Crippen LogP contribution in [0.15, 0.2) is 0 Å². The van der Waals surface area contributed by atoms with Crippen molar-refractivity contribution in [2.75, 3.05) is 19.0 Å². The van der Waals surface area contributed by atoms with Crippen molar-refractivity contribution >= 4 is 34.2 Å². The minimum absolute atomic E-state index is 0.0752. The molecule has 0 spiro atoms. The molecule has 7 heteroatoms. The van der Waals surface area contributed by atoms with E-state index in [9.17, 15) is 14.4 Å². The zero-order valence-corrected chi connectivity index (χ0v) is 18.2. The molecule has 0 aliphatic heterocycles. The van der Waals surface area contributed by atoms with Crippen LogP contribution < -0.4 is 5.32 Å². The molecule has 4 aliphatic rings. The van der Waals surface area contributed by atoms with E-state index in [1.165, 1.54) is 26.4 Å². The first-order valence-electron chi connectivity index (χ1n) is 10.5. The first kappa shape index (κ1) is 20.4. The van der Waals surface area contributed by atoms with E-state index < -0.39 is 11.9 Å². The molecule has 4 aliphatic carbocycles. The van der Waals surface area contributed by atoms with E-state index in [0.717, 1.165) is 48.4 Å². The summed E-state index contributed by atoms with van der Waals surface area (Å²) in [5.41, 5.74) is 0.852. The van der Waals surface area contributed by atoms with E-state index in [2.05, 4.69) is 5.32 Å². The number of carbonyl (C=O) groups is 3. The van der Waals surface area contributed by atoms with Crippen LogP contribution in [-0.2, 0) is 14.3 Å². The number of rotatable bonds is 6. The summed E-state index contributed by atoms with van der Waals surface area (Å²) in [6.07, 6.45) is 7.93. The quantitative estimate of drug-likeness (QED) is 0.683. The Kier molecular flexibility index (Phi) is 5.44. The van der Waals surface area contributed by atoms with Gasteiger partial charge in [0.2, 0.25) is 5.91 Å². The van der Waals surface area contributed by atoms with Crippen LogP contribution in [0, 0.1) is 30.1 Å². The molecule has 5 rings (SSSR count). The van der Waals surface area contributed by atoms with Crippen molar-refractivity contribution < 1.29 is 23.9 Å². The Balaban J connectivity index is 1.54. The van der Waals surface area contributed by atoms with E-state index >= 15 is 0 Å². The number of ether oxygens (including phenoxy) is 2. The van der Waals surface area contributed by atoms with Gasteiger partial charge in [-0.2, -0.15) is 0 Å². The number of thiophene rings is 1. The number of amides is 1. The van der Waals surface area contributed by atoms with Crippen LogP contribution in [0.1, 0.15) is 77.5 Å². The zero-order chi connectivity index (χ0) is 20.8. The summed E-state index contributed by atoms with van der Waals surface area (Å²) in [4.78, 5) is 37.9. The van der Waals surface area contributed by atoms with Crippen molar-refractivity contribution in [2.24, 2.45) is 23.2 Å². The molecule has 0 atom stereocenters. The predicted molar refractivity (Wildman–Crippen MR) is 110 cm³/mol. The van der Waals surface area contributed by atoms with E-state index in [1.54, 1.807) is 13.8 Å². The Morgan fingerprint density at radius 2 is 1.66 bits per heavy atom. The normalized spacial score (nSPS) is 29.6. The lowest BCUT2D eigenvalue weighted by molar-refractivity contribution is -0.124. The van der Waals surface area contributed by atoms with Crippen LogP contribution in [0.3, 0.4) is 0 Å². The maximum Gasteiger partial charge on any atom is 0.348 e. The van der Waals surface area contributed by atoms with Gasteiger partial charge in [-0.15, -0.1) is 11.3 Å². The van der Waals surface area contributed by atoms with E-state index in [1.807, 2.05) is 0 Å². The van der Waals surface area contributed by atoms with Crippen LogP contribution in [0.5, 0.6) is 0 Å². The van der Waals surface area contributed by atoms with Crippen molar-refractivity contribution in [3.63, 3.8) is 0 Å². The van der Waals surface area contributed by atoms with Gasteiger partial charge in [0.05, 0.1) is 19.3 Å². The molecule has 4 fully saturated rings. The van der Waals surface area contributed by atoms with Crippen LogP contribution in [0.2, 0.25) is 0 Å². The summed E-state index contributed by atoms with van der Waals surface area (Å²) in [7, 11) is 1.30. The standard InChI is InChI=1S/C22H29NO5S/c1-4-28-21(26)18-12(2)17(20(25)27-3)19(29-18)23-16(24)11-22-8-13-5-14(9-22)7-15(6-13)10-22/h13-15H,4-11H2,1-3H3,(H,23,24). The number of nitrogens with one attached hydrogen (secondary N) is 1. The molecule has 29 heavy (non-hydrogen) atoms. The van der Waals surface area contributed by atoms with Crippen LogP contribution >= 0.6 is 11.3 Å². The molecule has 0 radical (unpaired) electrons. The highest BCUT2D eigenvalue weighted by molar-refractivity contribution is 7.18. The van der Waals surface area contributed by atoms with E-state index in [0.29, 0.717) is 21.9 Å². The van der Waals surface area contributed by atoms with Gasteiger partial charge >= 0.3 is 11.9 Å². The Morgan fingerprint density at radius 3 is 2.17 bits per heavy atom. The molecule has 4 bridgehead atoms.